The second kappa shape index (κ2) is 8.90. The molecule has 0 unspecified atom stereocenters. The van der Waals surface area contributed by atoms with E-state index in [1.165, 1.54) is 14.2 Å². The Hall–Kier alpha value is -3.48. The van der Waals surface area contributed by atoms with Crippen molar-refractivity contribution in [1.29, 1.82) is 0 Å². The Morgan fingerprint density at radius 3 is 2.13 bits per heavy atom. The van der Waals surface area contributed by atoms with Gasteiger partial charge in [0.15, 0.2) is 0 Å². The van der Waals surface area contributed by atoms with Crippen LogP contribution >= 0.6 is 0 Å². The molecule has 0 fully saturated rings. The molecule has 0 atom stereocenters. The van der Waals surface area contributed by atoms with Crippen LogP contribution in [0.2, 0.25) is 0 Å². The van der Waals surface area contributed by atoms with Crippen molar-refractivity contribution in [3.63, 3.8) is 0 Å². The van der Waals surface area contributed by atoms with Crippen LogP contribution in [0.5, 0.6) is 5.75 Å². The number of rotatable bonds is 6. The molecule has 7 heteroatoms. The number of furan rings is 1. The van der Waals surface area contributed by atoms with Gasteiger partial charge in [-0.05, 0) is 45.0 Å². The van der Waals surface area contributed by atoms with Gasteiger partial charge in [0.25, 0.3) is 0 Å². The minimum absolute atomic E-state index is 0.294. The zero-order valence-corrected chi connectivity index (χ0v) is 17.7. The summed E-state index contributed by atoms with van der Waals surface area (Å²) in [5.74, 6) is -0.183. The standard InChI is InChI=1S/C23H25NO6/c1-6-29-16-10-8-7-9-15(16)17-11-12-18(30-17)21-19(22(25)27-4)13(2)24-14(3)20(21)23(26)28-5/h7-12,21,24H,6H2,1-5H3. The van der Waals surface area contributed by atoms with Gasteiger partial charge in [-0.25, -0.2) is 9.59 Å². The van der Waals surface area contributed by atoms with Gasteiger partial charge in [0, 0.05) is 11.4 Å². The topological polar surface area (TPSA) is 87.0 Å². The Labute approximate surface area is 175 Å². The van der Waals surface area contributed by atoms with Crippen molar-refractivity contribution in [2.75, 3.05) is 20.8 Å². The van der Waals surface area contributed by atoms with Crippen LogP contribution in [0.3, 0.4) is 0 Å². The van der Waals surface area contributed by atoms with E-state index in [0.717, 1.165) is 5.56 Å². The first-order valence-corrected chi connectivity index (χ1v) is 9.60. The van der Waals surface area contributed by atoms with Gasteiger partial charge in [0.1, 0.15) is 17.3 Å². The largest absolute Gasteiger partial charge is 0.493 e. The molecule has 158 valence electrons. The summed E-state index contributed by atoms with van der Waals surface area (Å²) in [5, 5.41) is 3.07. The molecule has 0 radical (unpaired) electrons. The van der Waals surface area contributed by atoms with E-state index >= 15 is 0 Å². The number of esters is 2. The highest BCUT2D eigenvalue weighted by molar-refractivity contribution is 5.99. The highest BCUT2D eigenvalue weighted by Crippen LogP contribution is 2.42. The molecule has 1 aromatic heterocycles. The third kappa shape index (κ3) is 3.83. The summed E-state index contributed by atoms with van der Waals surface area (Å²) in [7, 11) is 2.60. The summed E-state index contributed by atoms with van der Waals surface area (Å²) in [6, 6.07) is 11.1. The monoisotopic (exact) mass is 411 g/mol. The molecule has 1 aromatic carbocycles. The van der Waals surface area contributed by atoms with Crippen LogP contribution in [0.1, 0.15) is 32.4 Å². The highest BCUT2D eigenvalue weighted by Gasteiger charge is 2.39. The summed E-state index contributed by atoms with van der Waals surface area (Å²) in [6.45, 7) is 5.93. The minimum Gasteiger partial charge on any atom is -0.493 e. The third-order valence-corrected chi connectivity index (χ3v) is 4.93. The minimum atomic E-state index is -0.765. The summed E-state index contributed by atoms with van der Waals surface area (Å²) in [6.07, 6.45) is 0. The van der Waals surface area contributed by atoms with Gasteiger partial charge < -0.3 is 23.9 Å². The Balaban J connectivity index is 2.14. The number of hydrogen-bond donors (Lipinski definition) is 1. The number of carbonyl (C=O) groups is 2. The van der Waals surface area contributed by atoms with Crippen molar-refractivity contribution in [3.8, 4) is 17.1 Å². The fourth-order valence-corrected chi connectivity index (χ4v) is 3.64. The van der Waals surface area contributed by atoms with Gasteiger partial charge in [-0.3, -0.25) is 0 Å². The first-order chi connectivity index (χ1) is 14.4. The van der Waals surface area contributed by atoms with Crippen molar-refractivity contribution >= 4 is 11.9 Å². The molecule has 2 aromatic rings. The maximum Gasteiger partial charge on any atom is 0.336 e. The van der Waals surface area contributed by atoms with E-state index in [0.29, 0.717) is 46.4 Å². The average molecular weight is 411 g/mol. The number of ether oxygens (including phenoxy) is 3. The number of dihydropyridines is 1. The summed E-state index contributed by atoms with van der Waals surface area (Å²) in [4.78, 5) is 25.2. The average Bonchev–Trinajstić information content (AvgIpc) is 3.22. The first kappa shape index (κ1) is 21.2. The summed E-state index contributed by atoms with van der Waals surface area (Å²) < 4.78 is 21.8. The Bertz CT molecular complexity index is 992. The van der Waals surface area contributed by atoms with E-state index in [4.69, 9.17) is 18.6 Å². The maximum absolute atomic E-state index is 12.6. The summed E-state index contributed by atoms with van der Waals surface area (Å²) in [5.41, 5.74) is 2.54. The molecule has 7 nitrogen and oxygen atoms in total. The van der Waals surface area contributed by atoms with Crippen molar-refractivity contribution in [2.24, 2.45) is 0 Å². The molecule has 0 saturated carbocycles. The molecule has 1 N–H and O–H groups in total. The Morgan fingerprint density at radius 1 is 0.967 bits per heavy atom. The fourth-order valence-electron chi connectivity index (χ4n) is 3.64. The van der Waals surface area contributed by atoms with Crippen molar-refractivity contribution in [3.05, 3.63) is 64.7 Å². The molecule has 0 spiro atoms. The van der Waals surface area contributed by atoms with Crippen molar-refractivity contribution < 1.29 is 28.2 Å². The van der Waals surface area contributed by atoms with E-state index < -0.39 is 17.9 Å². The van der Waals surface area contributed by atoms with Gasteiger partial charge in [0.05, 0.1) is 43.5 Å². The fraction of sp³-hybridized carbons (Fsp3) is 0.304. The number of hydrogen-bond acceptors (Lipinski definition) is 7. The van der Waals surface area contributed by atoms with Crippen LogP contribution in [0.15, 0.2) is 63.4 Å². The molecule has 1 aliphatic rings. The van der Waals surface area contributed by atoms with Crippen LogP contribution in [0, 0.1) is 0 Å². The molecule has 0 amide bonds. The predicted octanol–water partition coefficient (Wildman–Crippen LogP) is 3.93. The van der Waals surface area contributed by atoms with E-state index in [2.05, 4.69) is 5.32 Å². The maximum atomic E-state index is 12.6. The number of methoxy groups -OCH3 is 2. The van der Waals surface area contributed by atoms with E-state index in [1.807, 2.05) is 31.2 Å². The van der Waals surface area contributed by atoms with Crippen LogP contribution < -0.4 is 10.1 Å². The molecule has 0 aliphatic carbocycles. The van der Waals surface area contributed by atoms with Crippen LogP contribution in [-0.2, 0) is 19.1 Å². The first-order valence-electron chi connectivity index (χ1n) is 9.60. The Kier molecular flexibility index (Phi) is 6.30. The van der Waals surface area contributed by atoms with Gasteiger partial charge in [0.2, 0.25) is 0 Å². The van der Waals surface area contributed by atoms with Crippen LogP contribution in [0.25, 0.3) is 11.3 Å². The number of nitrogens with one attached hydrogen (secondary N) is 1. The SMILES string of the molecule is CCOc1ccccc1-c1ccc(C2C(C(=O)OC)=C(C)NC(C)=C2C(=O)OC)o1. The lowest BCUT2D eigenvalue weighted by molar-refractivity contribution is -0.137. The van der Waals surface area contributed by atoms with Gasteiger partial charge in [-0.15, -0.1) is 0 Å². The van der Waals surface area contributed by atoms with Gasteiger partial charge in [-0.1, -0.05) is 12.1 Å². The summed E-state index contributed by atoms with van der Waals surface area (Å²) >= 11 is 0. The number of benzene rings is 1. The Morgan fingerprint density at radius 2 is 1.57 bits per heavy atom. The highest BCUT2D eigenvalue weighted by atomic mass is 16.5. The molecule has 1 aliphatic heterocycles. The zero-order valence-electron chi connectivity index (χ0n) is 17.7. The molecule has 0 saturated heterocycles. The van der Waals surface area contributed by atoms with Crippen molar-refractivity contribution in [2.45, 2.75) is 26.7 Å². The molecule has 2 heterocycles. The van der Waals surface area contributed by atoms with E-state index in [1.54, 1.807) is 26.0 Å². The lowest BCUT2D eigenvalue weighted by Crippen LogP contribution is -2.31. The van der Waals surface area contributed by atoms with Crippen LogP contribution in [0.4, 0.5) is 0 Å². The number of allylic oxidation sites excluding steroid dienone is 2. The second-order valence-electron chi connectivity index (χ2n) is 6.75. The van der Waals surface area contributed by atoms with Gasteiger partial charge in [-0.2, -0.15) is 0 Å². The number of carbonyl (C=O) groups excluding carboxylic acids is 2. The zero-order chi connectivity index (χ0) is 21.8. The van der Waals surface area contributed by atoms with E-state index in [-0.39, 0.29) is 0 Å². The quantitative estimate of drug-likeness (QED) is 0.721. The van der Waals surface area contributed by atoms with Crippen molar-refractivity contribution in [1.82, 2.24) is 5.32 Å². The second-order valence-corrected chi connectivity index (χ2v) is 6.75. The normalized spacial score (nSPS) is 14.4. The lowest BCUT2D eigenvalue weighted by Gasteiger charge is -2.28. The molecule has 3 rings (SSSR count). The molecular weight excluding hydrogens is 386 g/mol. The lowest BCUT2D eigenvalue weighted by atomic mass is 9.83. The molecule has 30 heavy (non-hydrogen) atoms. The van der Waals surface area contributed by atoms with Gasteiger partial charge >= 0.3 is 11.9 Å². The predicted molar refractivity (Wildman–Crippen MR) is 111 cm³/mol. The molecule has 0 bridgehead atoms. The van der Waals surface area contributed by atoms with Crippen LogP contribution in [-0.4, -0.2) is 32.8 Å². The third-order valence-electron chi connectivity index (χ3n) is 4.93. The van der Waals surface area contributed by atoms with E-state index in [9.17, 15) is 9.59 Å². The molecular formula is C23H25NO6. The smallest absolute Gasteiger partial charge is 0.336 e. The number of para-hydroxylation sites is 1.